The lowest BCUT2D eigenvalue weighted by Crippen LogP contribution is -2.49. The van der Waals surface area contributed by atoms with Gasteiger partial charge in [-0.15, -0.1) is 0 Å². The van der Waals surface area contributed by atoms with E-state index in [1.807, 2.05) is 25.7 Å². The van der Waals surface area contributed by atoms with Crippen LogP contribution in [0.25, 0.3) is 0 Å². The van der Waals surface area contributed by atoms with Crippen LogP contribution in [0.4, 0.5) is 0 Å². The van der Waals surface area contributed by atoms with E-state index in [1.165, 1.54) is 0 Å². The van der Waals surface area contributed by atoms with E-state index in [0.717, 1.165) is 25.7 Å². The Morgan fingerprint density at radius 2 is 1.73 bits per heavy atom. The number of piperidine rings is 1. The van der Waals surface area contributed by atoms with Crippen molar-refractivity contribution in [3.05, 3.63) is 0 Å². The maximum atomic E-state index is 12.6. The van der Waals surface area contributed by atoms with Gasteiger partial charge >= 0.3 is 0 Å². The van der Waals surface area contributed by atoms with Gasteiger partial charge < -0.3 is 15.1 Å². The smallest absolute Gasteiger partial charge is 0.225 e. The molecule has 0 aromatic carbocycles. The van der Waals surface area contributed by atoms with Gasteiger partial charge in [0.2, 0.25) is 17.7 Å². The monoisotopic (exact) mass is 365 g/mol. The van der Waals surface area contributed by atoms with Crippen LogP contribution in [0.3, 0.4) is 0 Å². The molecule has 0 radical (unpaired) electrons. The van der Waals surface area contributed by atoms with E-state index < -0.39 is 0 Å². The molecule has 0 aromatic rings. The quantitative estimate of drug-likeness (QED) is 0.812. The summed E-state index contributed by atoms with van der Waals surface area (Å²) in [5.41, 5.74) is -0.243. The zero-order chi connectivity index (χ0) is 19.5. The lowest BCUT2D eigenvalue weighted by Gasteiger charge is -2.35. The van der Waals surface area contributed by atoms with Crippen molar-refractivity contribution >= 4 is 17.7 Å². The van der Waals surface area contributed by atoms with E-state index in [2.05, 4.69) is 19.2 Å². The number of nitrogens with one attached hydrogen (secondary N) is 1. The zero-order valence-electron chi connectivity index (χ0n) is 17.0. The summed E-state index contributed by atoms with van der Waals surface area (Å²) in [6.45, 7) is 12.0. The molecule has 2 saturated heterocycles. The van der Waals surface area contributed by atoms with Gasteiger partial charge in [0.25, 0.3) is 0 Å². The number of carbonyl (C=O) groups is 3. The van der Waals surface area contributed by atoms with Gasteiger partial charge in [-0.05, 0) is 46.5 Å². The second-order valence-electron chi connectivity index (χ2n) is 8.70. The molecule has 0 spiro atoms. The van der Waals surface area contributed by atoms with Crippen LogP contribution in [0.5, 0.6) is 0 Å². The van der Waals surface area contributed by atoms with Crippen LogP contribution in [0.2, 0.25) is 0 Å². The topological polar surface area (TPSA) is 69.7 Å². The number of carbonyl (C=O) groups excluding carboxylic acids is 3. The molecule has 2 aliphatic rings. The molecule has 0 aromatic heterocycles. The highest BCUT2D eigenvalue weighted by molar-refractivity contribution is 5.89. The highest BCUT2D eigenvalue weighted by Crippen LogP contribution is 2.26. The first-order valence-electron chi connectivity index (χ1n) is 10.1. The zero-order valence-corrected chi connectivity index (χ0v) is 17.0. The summed E-state index contributed by atoms with van der Waals surface area (Å²) >= 11 is 0. The molecule has 1 atom stereocenters. The van der Waals surface area contributed by atoms with Gasteiger partial charge in [0, 0.05) is 43.6 Å². The maximum absolute atomic E-state index is 12.6. The Bertz CT molecular complexity index is 529. The molecule has 1 N–H and O–H groups in total. The molecule has 0 aliphatic carbocycles. The summed E-state index contributed by atoms with van der Waals surface area (Å²) in [5, 5.41) is 3.11. The summed E-state index contributed by atoms with van der Waals surface area (Å²) in [5.74, 6) is 0.153. The van der Waals surface area contributed by atoms with Gasteiger partial charge in [0.05, 0.1) is 5.92 Å². The van der Waals surface area contributed by atoms with Crippen LogP contribution < -0.4 is 5.32 Å². The first-order chi connectivity index (χ1) is 12.2. The lowest BCUT2D eigenvalue weighted by atomic mass is 9.98. The molecule has 26 heavy (non-hydrogen) atoms. The van der Waals surface area contributed by atoms with E-state index >= 15 is 0 Å². The molecule has 148 valence electrons. The average Bonchev–Trinajstić information content (AvgIpc) is 2.99. The van der Waals surface area contributed by atoms with E-state index in [1.54, 1.807) is 4.90 Å². The van der Waals surface area contributed by atoms with Crippen LogP contribution in [0.15, 0.2) is 0 Å². The molecule has 6 heteroatoms. The Labute approximate surface area is 157 Å². The number of hydrogen-bond acceptors (Lipinski definition) is 3. The molecular weight excluding hydrogens is 330 g/mol. The van der Waals surface area contributed by atoms with Gasteiger partial charge in [-0.2, -0.15) is 0 Å². The summed E-state index contributed by atoms with van der Waals surface area (Å²) in [7, 11) is 0. The molecule has 0 saturated carbocycles. The lowest BCUT2D eigenvalue weighted by molar-refractivity contribution is -0.137. The van der Waals surface area contributed by atoms with Crippen molar-refractivity contribution in [2.24, 2.45) is 11.8 Å². The van der Waals surface area contributed by atoms with Crippen LogP contribution in [-0.2, 0) is 14.4 Å². The van der Waals surface area contributed by atoms with Crippen molar-refractivity contribution < 1.29 is 14.4 Å². The third-order valence-electron chi connectivity index (χ3n) is 5.79. The van der Waals surface area contributed by atoms with Gasteiger partial charge in [0.15, 0.2) is 0 Å². The van der Waals surface area contributed by atoms with Crippen molar-refractivity contribution in [3.63, 3.8) is 0 Å². The van der Waals surface area contributed by atoms with Crippen LogP contribution in [-0.4, -0.2) is 58.7 Å². The van der Waals surface area contributed by atoms with Crippen molar-refractivity contribution in [2.75, 3.05) is 19.6 Å². The number of hydrogen-bond donors (Lipinski definition) is 1. The van der Waals surface area contributed by atoms with Crippen molar-refractivity contribution in [1.82, 2.24) is 15.1 Å². The summed E-state index contributed by atoms with van der Waals surface area (Å²) < 4.78 is 0. The largest absolute Gasteiger partial charge is 0.353 e. The second kappa shape index (κ2) is 8.40. The minimum atomic E-state index is -0.258. The molecule has 0 bridgehead atoms. The number of amides is 3. The Balaban J connectivity index is 1.82. The van der Waals surface area contributed by atoms with E-state index in [4.69, 9.17) is 0 Å². The predicted molar refractivity (Wildman–Crippen MR) is 101 cm³/mol. The highest BCUT2D eigenvalue weighted by atomic mass is 16.2. The fraction of sp³-hybridized carbons (Fsp3) is 0.850. The van der Waals surface area contributed by atoms with E-state index in [-0.39, 0.29) is 41.1 Å². The third kappa shape index (κ3) is 4.77. The number of nitrogens with zero attached hydrogens (tertiary/aromatic N) is 2. The minimum absolute atomic E-state index is 0.0186. The molecule has 2 fully saturated rings. The standard InChI is InChI=1S/C20H35N3O3/c1-6-14(7-2)19(26)22-10-8-16(9-11-22)21-18(25)15-12-17(24)23(13-15)20(3,4)5/h14-16H,6-13H2,1-5H3,(H,21,25). The summed E-state index contributed by atoms with van der Waals surface area (Å²) in [6, 6.07) is 0.104. The molecule has 6 nitrogen and oxygen atoms in total. The Morgan fingerprint density at radius 3 is 2.19 bits per heavy atom. The predicted octanol–water partition coefficient (Wildman–Crippen LogP) is 2.18. The fourth-order valence-corrected chi connectivity index (χ4v) is 3.99. The second-order valence-corrected chi connectivity index (χ2v) is 8.70. The average molecular weight is 366 g/mol. The van der Waals surface area contributed by atoms with Gasteiger partial charge in [-0.1, -0.05) is 13.8 Å². The first-order valence-corrected chi connectivity index (χ1v) is 10.1. The minimum Gasteiger partial charge on any atom is -0.353 e. The van der Waals surface area contributed by atoms with Crippen LogP contribution in [0, 0.1) is 11.8 Å². The SMILES string of the molecule is CCC(CC)C(=O)N1CCC(NC(=O)C2CC(=O)N(C(C)(C)C)C2)CC1. The van der Waals surface area contributed by atoms with Gasteiger partial charge in [-0.25, -0.2) is 0 Å². The Kier molecular flexibility index (Phi) is 6.69. The molecular formula is C20H35N3O3. The van der Waals surface area contributed by atoms with E-state index in [0.29, 0.717) is 26.1 Å². The fourth-order valence-electron chi connectivity index (χ4n) is 3.99. The van der Waals surface area contributed by atoms with Crippen molar-refractivity contribution in [1.29, 1.82) is 0 Å². The van der Waals surface area contributed by atoms with Crippen LogP contribution >= 0.6 is 0 Å². The van der Waals surface area contributed by atoms with E-state index in [9.17, 15) is 14.4 Å². The number of rotatable bonds is 5. The summed E-state index contributed by atoms with van der Waals surface area (Å²) in [6.07, 6.45) is 3.65. The van der Waals surface area contributed by atoms with Crippen molar-refractivity contribution in [3.8, 4) is 0 Å². The molecule has 1 unspecified atom stereocenters. The molecule has 3 amide bonds. The number of likely N-dealkylation sites (tertiary alicyclic amines) is 2. The first kappa shape index (κ1) is 20.7. The van der Waals surface area contributed by atoms with Gasteiger partial charge in [-0.3, -0.25) is 14.4 Å². The Morgan fingerprint density at radius 1 is 1.15 bits per heavy atom. The molecule has 2 aliphatic heterocycles. The maximum Gasteiger partial charge on any atom is 0.225 e. The molecule has 2 rings (SSSR count). The van der Waals surface area contributed by atoms with Crippen LogP contribution in [0.1, 0.15) is 66.7 Å². The Hall–Kier alpha value is -1.59. The van der Waals surface area contributed by atoms with Crippen molar-refractivity contribution in [2.45, 2.75) is 78.3 Å². The van der Waals surface area contributed by atoms with Gasteiger partial charge in [0.1, 0.15) is 0 Å². The summed E-state index contributed by atoms with van der Waals surface area (Å²) in [4.78, 5) is 41.0. The third-order valence-corrected chi connectivity index (χ3v) is 5.79. The highest BCUT2D eigenvalue weighted by Gasteiger charge is 2.40. The normalized spacial score (nSPS) is 22.2. The molecule has 2 heterocycles.